The van der Waals surface area contributed by atoms with Crippen LogP contribution in [0.1, 0.15) is 15.9 Å². The van der Waals surface area contributed by atoms with Crippen molar-refractivity contribution in [2.24, 2.45) is 0 Å². The molecule has 0 aliphatic rings. The second kappa shape index (κ2) is 8.00. The van der Waals surface area contributed by atoms with Crippen LogP contribution in [0.15, 0.2) is 48.7 Å². The van der Waals surface area contributed by atoms with E-state index in [0.717, 1.165) is 0 Å². The highest BCUT2D eigenvalue weighted by Crippen LogP contribution is 2.03. The first-order chi connectivity index (χ1) is 11.0. The van der Waals surface area contributed by atoms with E-state index in [1.807, 2.05) is 6.07 Å². The predicted octanol–water partition coefficient (Wildman–Crippen LogP) is 1.59. The SMILES string of the molecule is O=C(NCCNS(=O)(=O)Cc1ccccc1)c1ccc[nH]c1=S. The molecule has 0 bridgehead atoms. The third-order valence-corrected chi connectivity index (χ3v) is 4.69. The average Bonchev–Trinajstić information content (AvgIpc) is 2.52. The molecule has 23 heavy (non-hydrogen) atoms. The first-order valence-electron chi connectivity index (χ1n) is 6.95. The molecule has 0 saturated heterocycles. The number of pyridine rings is 1. The summed E-state index contributed by atoms with van der Waals surface area (Å²) in [6.45, 7) is 0.292. The van der Waals surface area contributed by atoms with E-state index in [-0.39, 0.29) is 24.7 Å². The van der Waals surface area contributed by atoms with Gasteiger partial charge in [0, 0.05) is 19.3 Å². The summed E-state index contributed by atoms with van der Waals surface area (Å²) in [6, 6.07) is 12.2. The third-order valence-electron chi connectivity index (χ3n) is 2.99. The van der Waals surface area contributed by atoms with Crippen LogP contribution < -0.4 is 10.0 Å². The summed E-state index contributed by atoms with van der Waals surface area (Å²) in [7, 11) is -3.43. The molecule has 0 unspecified atom stereocenters. The molecule has 1 amide bonds. The Bertz CT molecular complexity index is 817. The van der Waals surface area contributed by atoms with Crippen molar-refractivity contribution in [3.05, 3.63) is 64.4 Å². The van der Waals surface area contributed by atoms with Crippen molar-refractivity contribution in [3.63, 3.8) is 0 Å². The van der Waals surface area contributed by atoms with Gasteiger partial charge in [-0.25, -0.2) is 13.1 Å². The Morgan fingerprint density at radius 2 is 1.83 bits per heavy atom. The van der Waals surface area contributed by atoms with Crippen LogP contribution in [0, 0.1) is 4.64 Å². The number of hydrogen-bond donors (Lipinski definition) is 3. The molecule has 1 aromatic carbocycles. The van der Waals surface area contributed by atoms with Gasteiger partial charge in [0.1, 0.15) is 4.64 Å². The lowest BCUT2D eigenvalue weighted by Gasteiger charge is -2.08. The Labute approximate surface area is 140 Å². The molecule has 0 aliphatic heterocycles. The number of carbonyl (C=O) groups excluding carboxylic acids is 1. The lowest BCUT2D eigenvalue weighted by molar-refractivity contribution is 0.0953. The van der Waals surface area contributed by atoms with E-state index >= 15 is 0 Å². The summed E-state index contributed by atoms with van der Waals surface area (Å²) < 4.78 is 26.6. The van der Waals surface area contributed by atoms with E-state index in [1.54, 1.807) is 42.6 Å². The zero-order valence-electron chi connectivity index (χ0n) is 12.3. The molecule has 1 aromatic heterocycles. The van der Waals surface area contributed by atoms with Crippen LogP contribution in [-0.4, -0.2) is 32.4 Å². The van der Waals surface area contributed by atoms with Crippen LogP contribution in [0.2, 0.25) is 0 Å². The monoisotopic (exact) mass is 351 g/mol. The number of nitrogens with one attached hydrogen (secondary N) is 3. The van der Waals surface area contributed by atoms with E-state index < -0.39 is 10.0 Å². The van der Waals surface area contributed by atoms with Crippen molar-refractivity contribution < 1.29 is 13.2 Å². The number of amides is 1. The fourth-order valence-corrected chi connectivity index (χ4v) is 3.30. The number of rotatable bonds is 7. The molecule has 0 fully saturated rings. The predicted molar refractivity (Wildman–Crippen MR) is 91.0 cm³/mol. The topological polar surface area (TPSA) is 91.1 Å². The number of H-pyrrole nitrogens is 1. The van der Waals surface area contributed by atoms with E-state index in [1.165, 1.54) is 0 Å². The third kappa shape index (κ3) is 5.59. The van der Waals surface area contributed by atoms with Crippen molar-refractivity contribution in [2.45, 2.75) is 5.75 Å². The van der Waals surface area contributed by atoms with Crippen LogP contribution in [0.3, 0.4) is 0 Å². The Balaban J connectivity index is 1.80. The van der Waals surface area contributed by atoms with Crippen LogP contribution in [0.25, 0.3) is 0 Å². The van der Waals surface area contributed by atoms with Gasteiger partial charge in [0.15, 0.2) is 0 Å². The van der Waals surface area contributed by atoms with Gasteiger partial charge >= 0.3 is 0 Å². The van der Waals surface area contributed by atoms with Gasteiger partial charge < -0.3 is 10.3 Å². The van der Waals surface area contributed by atoms with E-state index in [0.29, 0.717) is 15.8 Å². The summed E-state index contributed by atoms with van der Waals surface area (Å²) in [4.78, 5) is 14.7. The van der Waals surface area contributed by atoms with Gasteiger partial charge in [-0.1, -0.05) is 42.5 Å². The van der Waals surface area contributed by atoms with Gasteiger partial charge in [-0.15, -0.1) is 0 Å². The highest BCUT2D eigenvalue weighted by Gasteiger charge is 2.11. The molecule has 122 valence electrons. The molecule has 1 heterocycles. The van der Waals surface area contributed by atoms with Gasteiger partial charge in [0.25, 0.3) is 5.91 Å². The maximum Gasteiger partial charge on any atom is 0.254 e. The quantitative estimate of drug-likeness (QED) is 0.522. The average molecular weight is 351 g/mol. The number of aromatic amines is 1. The maximum atomic E-state index is 11.9. The van der Waals surface area contributed by atoms with E-state index in [4.69, 9.17) is 12.2 Å². The lowest BCUT2D eigenvalue weighted by atomic mass is 10.2. The molecule has 0 saturated carbocycles. The van der Waals surface area contributed by atoms with Crippen molar-refractivity contribution in [1.29, 1.82) is 0 Å². The largest absolute Gasteiger partial charge is 0.352 e. The van der Waals surface area contributed by atoms with Gasteiger partial charge in [-0.2, -0.15) is 0 Å². The summed E-state index contributed by atoms with van der Waals surface area (Å²) in [5.74, 6) is -0.430. The summed E-state index contributed by atoms with van der Waals surface area (Å²) in [5, 5.41) is 2.62. The highest BCUT2D eigenvalue weighted by atomic mass is 32.2. The van der Waals surface area contributed by atoms with Crippen molar-refractivity contribution in [2.75, 3.05) is 13.1 Å². The zero-order valence-corrected chi connectivity index (χ0v) is 13.9. The molecule has 6 nitrogen and oxygen atoms in total. The summed E-state index contributed by atoms with van der Waals surface area (Å²) in [5.41, 5.74) is 1.06. The second-order valence-corrected chi connectivity index (χ2v) is 7.02. The second-order valence-electron chi connectivity index (χ2n) is 4.81. The summed E-state index contributed by atoms with van der Waals surface area (Å²) in [6.07, 6.45) is 1.64. The van der Waals surface area contributed by atoms with Gasteiger partial charge in [-0.3, -0.25) is 4.79 Å². The smallest absolute Gasteiger partial charge is 0.254 e. The van der Waals surface area contributed by atoms with Gasteiger partial charge in [0.05, 0.1) is 11.3 Å². The minimum Gasteiger partial charge on any atom is -0.352 e. The fourth-order valence-electron chi connectivity index (χ4n) is 1.92. The molecule has 2 aromatic rings. The van der Waals surface area contributed by atoms with E-state index in [9.17, 15) is 13.2 Å². The molecular formula is C15H17N3O3S2. The molecule has 0 radical (unpaired) electrons. The molecule has 0 atom stereocenters. The molecule has 0 aliphatic carbocycles. The number of aromatic nitrogens is 1. The fraction of sp³-hybridized carbons (Fsp3) is 0.200. The molecule has 2 rings (SSSR count). The minimum absolute atomic E-state index is 0.0915. The lowest BCUT2D eigenvalue weighted by Crippen LogP contribution is -2.35. The van der Waals surface area contributed by atoms with Crippen LogP contribution in [-0.2, 0) is 15.8 Å². The Hall–Kier alpha value is -2.03. The van der Waals surface area contributed by atoms with E-state index in [2.05, 4.69) is 15.0 Å². The van der Waals surface area contributed by atoms with Gasteiger partial charge in [-0.05, 0) is 17.7 Å². The van der Waals surface area contributed by atoms with Crippen molar-refractivity contribution in [1.82, 2.24) is 15.0 Å². The Kier molecular flexibility index (Phi) is 6.03. The molecule has 3 N–H and O–H groups in total. The van der Waals surface area contributed by atoms with Crippen LogP contribution in [0.5, 0.6) is 0 Å². The van der Waals surface area contributed by atoms with Crippen LogP contribution in [0.4, 0.5) is 0 Å². The molecule has 8 heteroatoms. The highest BCUT2D eigenvalue weighted by molar-refractivity contribution is 7.88. The number of hydrogen-bond acceptors (Lipinski definition) is 4. The first kappa shape index (κ1) is 17.3. The molecule has 0 spiro atoms. The number of benzene rings is 1. The van der Waals surface area contributed by atoms with Gasteiger partial charge in [0.2, 0.25) is 10.0 Å². The standard InChI is InChI=1S/C15H17N3O3S2/c19-14(13-7-4-8-17-15(13)22)16-9-10-18-23(20,21)11-12-5-2-1-3-6-12/h1-8,18H,9-11H2,(H,16,19)(H,17,22). The Morgan fingerprint density at radius 1 is 1.09 bits per heavy atom. The number of carbonyl (C=O) groups is 1. The maximum absolute atomic E-state index is 11.9. The van der Waals surface area contributed by atoms with Crippen molar-refractivity contribution >= 4 is 28.1 Å². The van der Waals surface area contributed by atoms with Crippen molar-refractivity contribution in [3.8, 4) is 0 Å². The normalized spacial score (nSPS) is 11.1. The minimum atomic E-state index is -3.43. The van der Waals surface area contributed by atoms with Crippen LogP contribution >= 0.6 is 12.2 Å². The molecular weight excluding hydrogens is 334 g/mol. The zero-order chi connectivity index (χ0) is 16.7. The number of sulfonamides is 1. The first-order valence-corrected chi connectivity index (χ1v) is 9.01. The summed E-state index contributed by atoms with van der Waals surface area (Å²) >= 11 is 5.01. The Morgan fingerprint density at radius 3 is 2.52 bits per heavy atom.